The van der Waals surface area contributed by atoms with Gasteiger partial charge in [0.1, 0.15) is 10.7 Å². The number of benzene rings is 1. The summed E-state index contributed by atoms with van der Waals surface area (Å²) in [5.74, 6) is -2.36. The highest BCUT2D eigenvalue weighted by atomic mass is 32.2. The zero-order valence-electron chi connectivity index (χ0n) is 8.68. The van der Waals surface area contributed by atoms with Crippen LogP contribution in [0.4, 0.5) is 4.39 Å². The summed E-state index contributed by atoms with van der Waals surface area (Å²) >= 11 is 0. The number of hydrogen-bond acceptors (Lipinski definition) is 3. The van der Waals surface area contributed by atoms with E-state index in [2.05, 4.69) is 4.72 Å². The second-order valence-corrected chi connectivity index (χ2v) is 5.53. The largest absolute Gasteiger partial charge is 0.478 e. The highest BCUT2D eigenvalue weighted by Gasteiger charge is 2.29. The molecule has 0 saturated heterocycles. The maximum atomic E-state index is 13.5. The Balaban J connectivity index is 2.35. The molecule has 0 radical (unpaired) electrons. The number of hydrogen-bond donors (Lipinski definition) is 2. The van der Waals surface area contributed by atoms with Crippen LogP contribution in [0.1, 0.15) is 23.2 Å². The van der Waals surface area contributed by atoms with Crippen LogP contribution in [0.25, 0.3) is 0 Å². The van der Waals surface area contributed by atoms with Gasteiger partial charge in [-0.15, -0.1) is 0 Å². The van der Waals surface area contributed by atoms with Gasteiger partial charge >= 0.3 is 5.97 Å². The lowest BCUT2D eigenvalue weighted by molar-refractivity contribution is 0.0696. The summed E-state index contributed by atoms with van der Waals surface area (Å²) in [5.41, 5.74) is -0.284. The van der Waals surface area contributed by atoms with E-state index in [1.165, 1.54) is 0 Å². The minimum Gasteiger partial charge on any atom is -0.478 e. The molecule has 92 valence electrons. The van der Waals surface area contributed by atoms with Crippen LogP contribution in [-0.2, 0) is 10.0 Å². The molecule has 0 heterocycles. The molecular weight excluding hydrogens is 249 g/mol. The second kappa shape index (κ2) is 4.08. The summed E-state index contributed by atoms with van der Waals surface area (Å²) in [6, 6.07) is 2.60. The van der Waals surface area contributed by atoms with E-state index in [0.29, 0.717) is 6.07 Å². The first kappa shape index (κ1) is 12.0. The van der Waals surface area contributed by atoms with Crippen LogP contribution in [0.3, 0.4) is 0 Å². The van der Waals surface area contributed by atoms with Crippen LogP contribution >= 0.6 is 0 Å². The first-order valence-corrected chi connectivity index (χ1v) is 6.43. The zero-order chi connectivity index (χ0) is 12.6. The van der Waals surface area contributed by atoms with E-state index >= 15 is 0 Å². The zero-order valence-corrected chi connectivity index (χ0v) is 9.50. The lowest BCUT2D eigenvalue weighted by atomic mass is 10.2. The maximum Gasteiger partial charge on any atom is 0.335 e. The molecular formula is C10H10FNO4S. The first-order chi connectivity index (χ1) is 7.90. The monoisotopic (exact) mass is 259 g/mol. The molecule has 1 aliphatic rings. The molecule has 0 aliphatic heterocycles. The van der Waals surface area contributed by atoms with Gasteiger partial charge in [-0.05, 0) is 31.0 Å². The molecule has 1 fully saturated rings. The van der Waals surface area contributed by atoms with Gasteiger partial charge in [0, 0.05) is 6.04 Å². The van der Waals surface area contributed by atoms with E-state index in [1.54, 1.807) is 0 Å². The minimum atomic E-state index is -3.89. The van der Waals surface area contributed by atoms with Crippen molar-refractivity contribution in [1.82, 2.24) is 4.72 Å². The third-order valence-corrected chi connectivity index (χ3v) is 3.92. The summed E-state index contributed by atoms with van der Waals surface area (Å²) in [5, 5.41) is 8.63. The van der Waals surface area contributed by atoms with Gasteiger partial charge in [0.2, 0.25) is 10.0 Å². The average molecular weight is 259 g/mol. The number of carboxylic acid groups (broad SMARTS) is 1. The molecule has 2 rings (SSSR count). The Morgan fingerprint density at radius 1 is 1.41 bits per heavy atom. The van der Waals surface area contributed by atoms with Crippen molar-refractivity contribution in [3.05, 3.63) is 29.6 Å². The molecule has 1 aromatic rings. The van der Waals surface area contributed by atoms with Crippen molar-refractivity contribution in [1.29, 1.82) is 0 Å². The van der Waals surface area contributed by atoms with E-state index in [-0.39, 0.29) is 11.6 Å². The first-order valence-electron chi connectivity index (χ1n) is 4.95. The van der Waals surface area contributed by atoms with Gasteiger partial charge in [-0.2, -0.15) is 0 Å². The molecule has 0 atom stereocenters. The number of sulfonamides is 1. The van der Waals surface area contributed by atoms with Crippen molar-refractivity contribution in [3.63, 3.8) is 0 Å². The Labute approximate surface area is 97.3 Å². The molecule has 1 saturated carbocycles. The van der Waals surface area contributed by atoms with Crippen molar-refractivity contribution >= 4 is 16.0 Å². The molecule has 1 aromatic carbocycles. The van der Waals surface area contributed by atoms with Crippen LogP contribution in [-0.4, -0.2) is 25.5 Å². The Morgan fingerprint density at radius 3 is 2.53 bits per heavy atom. The van der Waals surface area contributed by atoms with Crippen molar-refractivity contribution in [2.24, 2.45) is 0 Å². The highest BCUT2D eigenvalue weighted by Crippen LogP contribution is 2.23. The smallest absolute Gasteiger partial charge is 0.335 e. The SMILES string of the molecule is O=C(O)c1ccc(S(=O)(=O)NC2CC2)c(F)c1. The van der Waals surface area contributed by atoms with Crippen molar-refractivity contribution in [2.75, 3.05) is 0 Å². The lowest BCUT2D eigenvalue weighted by Gasteiger charge is -2.06. The standard InChI is InChI=1S/C10H10FNO4S/c11-8-5-6(10(13)14)1-4-9(8)17(15,16)12-7-2-3-7/h1,4-5,7,12H,2-3H2,(H,13,14). The Morgan fingerprint density at radius 2 is 2.06 bits per heavy atom. The van der Waals surface area contributed by atoms with Gasteiger partial charge in [-0.3, -0.25) is 0 Å². The average Bonchev–Trinajstić information content (AvgIpc) is 3.00. The molecule has 1 aliphatic carbocycles. The number of carboxylic acids is 1. The number of halogens is 1. The van der Waals surface area contributed by atoms with Gasteiger partial charge in [0.05, 0.1) is 5.56 Å². The van der Waals surface area contributed by atoms with E-state index in [9.17, 15) is 17.6 Å². The van der Waals surface area contributed by atoms with Crippen molar-refractivity contribution in [3.8, 4) is 0 Å². The van der Waals surface area contributed by atoms with Gasteiger partial charge in [0.15, 0.2) is 0 Å². The molecule has 17 heavy (non-hydrogen) atoms. The Hall–Kier alpha value is -1.47. The minimum absolute atomic E-state index is 0.126. The molecule has 0 spiro atoms. The van der Waals surface area contributed by atoms with E-state index < -0.39 is 26.7 Å². The summed E-state index contributed by atoms with van der Waals surface area (Å²) in [7, 11) is -3.89. The third kappa shape index (κ3) is 2.62. The fourth-order valence-electron chi connectivity index (χ4n) is 1.34. The fraction of sp³-hybridized carbons (Fsp3) is 0.300. The van der Waals surface area contributed by atoms with E-state index in [0.717, 1.165) is 25.0 Å². The van der Waals surface area contributed by atoms with Gasteiger partial charge in [-0.25, -0.2) is 22.3 Å². The summed E-state index contributed by atoms with van der Waals surface area (Å²) < 4.78 is 39.2. The maximum absolute atomic E-state index is 13.5. The van der Waals surface area contributed by atoms with Crippen LogP contribution in [0.5, 0.6) is 0 Å². The van der Waals surface area contributed by atoms with E-state index in [1.807, 2.05) is 0 Å². The summed E-state index contributed by atoms with van der Waals surface area (Å²) in [4.78, 5) is 10.1. The molecule has 5 nitrogen and oxygen atoms in total. The summed E-state index contributed by atoms with van der Waals surface area (Å²) in [6.07, 6.45) is 1.49. The molecule has 0 amide bonds. The predicted octanol–water partition coefficient (Wildman–Crippen LogP) is 0.965. The van der Waals surface area contributed by atoms with Gasteiger partial charge in [0.25, 0.3) is 0 Å². The normalized spacial score (nSPS) is 15.8. The molecule has 7 heteroatoms. The van der Waals surface area contributed by atoms with Gasteiger partial charge in [-0.1, -0.05) is 0 Å². The number of rotatable bonds is 4. The number of aromatic carboxylic acids is 1. The van der Waals surface area contributed by atoms with Crippen LogP contribution in [0, 0.1) is 5.82 Å². The van der Waals surface area contributed by atoms with Crippen molar-refractivity contribution < 1.29 is 22.7 Å². The Kier molecular flexibility index (Phi) is 2.88. The number of nitrogens with one attached hydrogen (secondary N) is 1. The molecule has 0 bridgehead atoms. The van der Waals surface area contributed by atoms with E-state index in [4.69, 9.17) is 5.11 Å². The quantitative estimate of drug-likeness (QED) is 0.843. The Bertz CT molecular complexity index is 566. The lowest BCUT2D eigenvalue weighted by Crippen LogP contribution is -2.26. The fourth-order valence-corrected chi connectivity index (χ4v) is 2.70. The highest BCUT2D eigenvalue weighted by molar-refractivity contribution is 7.89. The van der Waals surface area contributed by atoms with Crippen molar-refractivity contribution in [2.45, 2.75) is 23.8 Å². The molecule has 0 unspecified atom stereocenters. The topological polar surface area (TPSA) is 83.5 Å². The van der Waals surface area contributed by atoms with Crippen LogP contribution < -0.4 is 4.72 Å². The van der Waals surface area contributed by atoms with Crippen LogP contribution in [0.2, 0.25) is 0 Å². The molecule has 2 N–H and O–H groups in total. The predicted molar refractivity (Wildman–Crippen MR) is 56.7 cm³/mol. The second-order valence-electron chi connectivity index (χ2n) is 3.85. The number of carbonyl (C=O) groups is 1. The van der Waals surface area contributed by atoms with Crippen LogP contribution in [0.15, 0.2) is 23.1 Å². The third-order valence-electron chi connectivity index (χ3n) is 2.37. The summed E-state index contributed by atoms with van der Waals surface area (Å²) in [6.45, 7) is 0. The van der Waals surface area contributed by atoms with Gasteiger partial charge < -0.3 is 5.11 Å². The molecule has 0 aromatic heterocycles.